The SMILES string of the molecule is OC1(O)C=CC(Oc2ccccc2)=CC1(Cl)Cl. The smallest absolute Gasteiger partial charge is 0.221 e. The second-order valence-corrected chi connectivity index (χ2v) is 5.03. The fourth-order valence-corrected chi connectivity index (χ4v) is 1.67. The standard InChI is InChI=1S/C12H10Cl2O3/c13-11(14)8-10(6-7-12(11,15)16)17-9-4-2-1-3-5-9/h1-8,15-16H. The third kappa shape index (κ3) is 2.64. The third-order valence-electron chi connectivity index (χ3n) is 2.27. The lowest BCUT2D eigenvalue weighted by atomic mass is 10.1. The number of allylic oxidation sites excluding steroid dienone is 1. The van der Waals surface area contributed by atoms with E-state index in [1.54, 1.807) is 12.1 Å². The molecular formula is C12H10Cl2O3. The van der Waals surface area contributed by atoms with Crippen molar-refractivity contribution in [2.24, 2.45) is 0 Å². The molecule has 5 heteroatoms. The molecule has 17 heavy (non-hydrogen) atoms. The van der Waals surface area contributed by atoms with Crippen LogP contribution in [0.2, 0.25) is 0 Å². The molecule has 0 radical (unpaired) electrons. The molecule has 2 rings (SSSR count). The van der Waals surface area contributed by atoms with Gasteiger partial charge in [0.2, 0.25) is 5.79 Å². The molecule has 0 fully saturated rings. The highest BCUT2D eigenvalue weighted by Crippen LogP contribution is 2.39. The second-order valence-electron chi connectivity index (χ2n) is 3.64. The predicted octanol–water partition coefficient (Wildman–Crippen LogP) is 2.37. The van der Waals surface area contributed by atoms with Crippen molar-refractivity contribution >= 4 is 23.2 Å². The molecular weight excluding hydrogens is 263 g/mol. The molecule has 0 unspecified atom stereocenters. The average Bonchev–Trinajstić information content (AvgIpc) is 2.25. The van der Waals surface area contributed by atoms with Crippen molar-refractivity contribution in [2.45, 2.75) is 10.1 Å². The van der Waals surface area contributed by atoms with Crippen LogP contribution in [-0.4, -0.2) is 20.3 Å². The highest BCUT2D eigenvalue weighted by atomic mass is 35.5. The Hall–Kier alpha value is -1.000. The van der Waals surface area contributed by atoms with Crippen molar-refractivity contribution in [2.75, 3.05) is 0 Å². The number of benzene rings is 1. The molecule has 0 saturated carbocycles. The Kier molecular flexibility index (Phi) is 3.19. The zero-order valence-corrected chi connectivity index (χ0v) is 10.2. The Morgan fingerprint density at radius 2 is 1.71 bits per heavy atom. The van der Waals surface area contributed by atoms with E-state index in [9.17, 15) is 10.2 Å². The molecule has 0 amide bonds. The van der Waals surface area contributed by atoms with Gasteiger partial charge in [-0.05, 0) is 30.4 Å². The van der Waals surface area contributed by atoms with Gasteiger partial charge in [-0.15, -0.1) is 0 Å². The summed E-state index contributed by atoms with van der Waals surface area (Å²) in [4.78, 5) is 0. The zero-order chi connectivity index (χ0) is 12.5. The summed E-state index contributed by atoms with van der Waals surface area (Å²) in [5, 5.41) is 19.0. The molecule has 0 aliphatic heterocycles. The number of halogens is 2. The number of para-hydroxylation sites is 1. The van der Waals surface area contributed by atoms with Gasteiger partial charge >= 0.3 is 0 Å². The molecule has 90 valence electrons. The topological polar surface area (TPSA) is 49.7 Å². The van der Waals surface area contributed by atoms with Crippen LogP contribution in [0.25, 0.3) is 0 Å². The van der Waals surface area contributed by atoms with Crippen LogP contribution in [0.5, 0.6) is 5.75 Å². The lowest BCUT2D eigenvalue weighted by molar-refractivity contribution is -0.121. The van der Waals surface area contributed by atoms with Crippen LogP contribution in [0, 0.1) is 0 Å². The fraction of sp³-hybridized carbons (Fsp3) is 0.167. The maximum absolute atomic E-state index is 9.49. The molecule has 1 aliphatic carbocycles. The van der Waals surface area contributed by atoms with Crippen molar-refractivity contribution < 1.29 is 14.9 Å². The van der Waals surface area contributed by atoms with E-state index in [2.05, 4.69) is 0 Å². The molecule has 0 atom stereocenters. The quantitative estimate of drug-likeness (QED) is 0.642. The van der Waals surface area contributed by atoms with Crippen LogP contribution >= 0.6 is 23.2 Å². The highest BCUT2D eigenvalue weighted by Gasteiger charge is 2.46. The van der Waals surface area contributed by atoms with Crippen molar-refractivity contribution in [3.8, 4) is 5.75 Å². The van der Waals surface area contributed by atoms with E-state index in [4.69, 9.17) is 27.9 Å². The van der Waals surface area contributed by atoms with Crippen molar-refractivity contribution in [3.63, 3.8) is 0 Å². The first-order valence-electron chi connectivity index (χ1n) is 4.88. The summed E-state index contributed by atoms with van der Waals surface area (Å²) >= 11 is 11.6. The van der Waals surface area contributed by atoms with E-state index in [1.807, 2.05) is 18.2 Å². The van der Waals surface area contributed by atoms with Crippen LogP contribution in [0.3, 0.4) is 0 Å². The number of hydrogen-bond acceptors (Lipinski definition) is 3. The van der Waals surface area contributed by atoms with Crippen LogP contribution in [-0.2, 0) is 0 Å². The molecule has 0 aromatic heterocycles. The Labute approximate surface area is 109 Å². The van der Waals surface area contributed by atoms with E-state index in [1.165, 1.54) is 12.2 Å². The molecule has 0 saturated heterocycles. The van der Waals surface area contributed by atoms with Gasteiger partial charge in [0.1, 0.15) is 11.5 Å². The summed E-state index contributed by atoms with van der Waals surface area (Å²) in [6.07, 6.45) is 3.71. The lowest BCUT2D eigenvalue weighted by Gasteiger charge is -2.31. The van der Waals surface area contributed by atoms with E-state index >= 15 is 0 Å². The second kappa shape index (κ2) is 4.35. The molecule has 0 bridgehead atoms. The summed E-state index contributed by atoms with van der Waals surface area (Å²) < 4.78 is 3.63. The lowest BCUT2D eigenvalue weighted by Crippen LogP contribution is -2.45. The normalized spacial score (nSPS) is 20.8. The number of ether oxygens (including phenoxy) is 1. The van der Waals surface area contributed by atoms with Crippen LogP contribution in [0.15, 0.2) is 54.3 Å². The van der Waals surface area contributed by atoms with E-state index < -0.39 is 10.1 Å². The van der Waals surface area contributed by atoms with Gasteiger partial charge in [-0.2, -0.15) is 0 Å². The first-order chi connectivity index (χ1) is 7.91. The summed E-state index contributed by atoms with van der Waals surface area (Å²) in [5.41, 5.74) is 0. The van der Waals surface area contributed by atoms with Gasteiger partial charge in [0, 0.05) is 0 Å². The molecule has 0 spiro atoms. The van der Waals surface area contributed by atoms with Gasteiger partial charge in [0.15, 0.2) is 4.33 Å². The van der Waals surface area contributed by atoms with E-state index in [0.29, 0.717) is 11.5 Å². The summed E-state index contributed by atoms with van der Waals surface area (Å²) in [7, 11) is 0. The minimum atomic E-state index is -2.31. The highest BCUT2D eigenvalue weighted by molar-refractivity contribution is 6.50. The molecule has 1 aromatic carbocycles. The first-order valence-corrected chi connectivity index (χ1v) is 5.64. The third-order valence-corrected chi connectivity index (χ3v) is 3.05. The average molecular weight is 273 g/mol. The van der Waals surface area contributed by atoms with Gasteiger partial charge in [0.05, 0.1) is 0 Å². The van der Waals surface area contributed by atoms with Crippen LogP contribution < -0.4 is 4.74 Å². The van der Waals surface area contributed by atoms with Gasteiger partial charge in [0.25, 0.3) is 0 Å². The number of rotatable bonds is 2. The molecule has 1 aromatic rings. The first kappa shape index (κ1) is 12.5. The maximum atomic E-state index is 9.49. The minimum absolute atomic E-state index is 0.347. The van der Waals surface area contributed by atoms with Crippen LogP contribution in [0.1, 0.15) is 0 Å². The van der Waals surface area contributed by atoms with Crippen molar-refractivity contribution in [1.82, 2.24) is 0 Å². The van der Waals surface area contributed by atoms with E-state index in [0.717, 1.165) is 6.08 Å². The fourth-order valence-electron chi connectivity index (χ4n) is 1.33. The summed E-state index contributed by atoms with van der Waals surface area (Å²) in [6.45, 7) is 0. The Balaban J connectivity index is 2.20. The molecule has 3 nitrogen and oxygen atoms in total. The molecule has 1 aliphatic rings. The predicted molar refractivity (Wildman–Crippen MR) is 65.9 cm³/mol. The molecule has 0 heterocycles. The largest absolute Gasteiger partial charge is 0.458 e. The van der Waals surface area contributed by atoms with Crippen LogP contribution in [0.4, 0.5) is 0 Å². The Bertz CT molecular complexity index is 464. The maximum Gasteiger partial charge on any atom is 0.221 e. The van der Waals surface area contributed by atoms with Crippen molar-refractivity contribution in [3.05, 3.63) is 54.3 Å². The summed E-state index contributed by atoms with van der Waals surface area (Å²) in [6, 6.07) is 9.02. The van der Waals surface area contributed by atoms with Gasteiger partial charge < -0.3 is 14.9 Å². The number of alkyl halides is 2. The Morgan fingerprint density at radius 3 is 2.29 bits per heavy atom. The van der Waals surface area contributed by atoms with Gasteiger partial charge in [-0.3, -0.25) is 0 Å². The number of aliphatic hydroxyl groups is 2. The Morgan fingerprint density at radius 1 is 1.06 bits per heavy atom. The van der Waals surface area contributed by atoms with Crippen molar-refractivity contribution in [1.29, 1.82) is 0 Å². The molecule has 2 N–H and O–H groups in total. The van der Waals surface area contributed by atoms with Gasteiger partial charge in [-0.25, -0.2) is 0 Å². The minimum Gasteiger partial charge on any atom is -0.458 e. The van der Waals surface area contributed by atoms with E-state index in [-0.39, 0.29) is 0 Å². The van der Waals surface area contributed by atoms with Gasteiger partial charge in [-0.1, -0.05) is 41.4 Å². The summed E-state index contributed by atoms with van der Waals surface area (Å²) in [5.74, 6) is -1.35. The number of hydrogen-bond donors (Lipinski definition) is 2. The zero-order valence-electron chi connectivity index (χ0n) is 8.68. The monoisotopic (exact) mass is 272 g/mol.